The molecule has 23 heavy (non-hydrogen) atoms. The number of hydrogen-bond acceptors (Lipinski definition) is 4. The SMILES string of the molecule is O=C1NC(N/N=C\c2ccccc2)=N/C1=C/c1ccc(Cl)cc1. The lowest BCUT2D eigenvalue weighted by Crippen LogP contribution is -2.33. The van der Waals surface area contributed by atoms with E-state index in [1.807, 2.05) is 42.5 Å². The zero-order valence-electron chi connectivity index (χ0n) is 12.0. The number of benzene rings is 2. The molecule has 2 aromatic carbocycles. The highest BCUT2D eigenvalue weighted by Gasteiger charge is 2.19. The second-order valence-corrected chi connectivity index (χ2v) is 5.21. The van der Waals surface area contributed by atoms with Crippen molar-refractivity contribution in [2.75, 3.05) is 0 Å². The topological polar surface area (TPSA) is 65.8 Å². The van der Waals surface area contributed by atoms with Crippen LogP contribution in [-0.2, 0) is 4.79 Å². The molecule has 2 N–H and O–H groups in total. The summed E-state index contributed by atoms with van der Waals surface area (Å²) in [5, 5.41) is 7.30. The van der Waals surface area contributed by atoms with E-state index in [4.69, 9.17) is 11.6 Å². The van der Waals surface area contributed by atoms with Gasteiger partial charge in [-0.1, -0.05) is 54.1 Å². The molecule has 6 heteroatoms. The third-order valence-corrected chi connectivity index (χ3v) is 3.31. The summed E-state index contributed by atoms with van der Waals surface area (Å²) in [6.45, 7) is 0. The van der Waals surface area contributed by atoms with Gasteiger partial charge in [0.2, 0.25) is 5.96 Å². The summed E-state index contributed by atoms with van der Waals surface area (Å²) in [4.78, 5) is 16.1. The molecule has 0 bridgehead atoms. The minimum atomic E-state index is -0.280. The summed E-state index contributed by atoms with van der Waals surface area (Å²) in [6, 6.07) is 16.8. The molecule has 1 aliphatic rings. The van der Waals surface area contributed by atoms with E-state index in [1.165, 1.54) is 0 Å². The second-order valence-electron chi connectivity index (χ2n) is 4.78. The molecular weight excluding hydrogens is 312 g/mol. The Morgan fingerprint density at radius 2 is 1.78 bits per heavy atom. The van der Waals surface area contributed by atoms with Gasteiger partial charge in [-0.2, -0.15) is 5.10 Å². The maximum atomic E-state index is 11.9. The predicted octanol–water partition coefficient (Wildman–Crippen LogP) is 2.79. The van der Waals surface area contributed by atoms with Crippen molar-refractivity contribution in [1.29, 1.82) is 0 Å². The van der Waals surface area contributed by atoms with E-state index in [-0.39, 0.29) is 5.91 Å². The predicted molar refractivity (Wildman–Crippen MR) is 92.2 cm³/mol. The maximum absolute atomic E-state index is 11.9. The minimum Gasteiger partial charge on any atom is -0.289 e. The van der Waals surface area contributed by atoms with Gasteiger partial charge in [-0.15, -0.1) is 0 Å². The molecule has 0 spiro atoms. The van der Waals surface area contributed by atoms with Crippen LogP contribution in [0.25, 0.3) is 6.08 Å². The van der Waals surface area contributed by atoms with Crippen molar-refractivity contribution in [3.05, 3.63) is 76.4 Å². The zero-order chi connectivity index (χ0) is 16.1. The number of nitrogens with zero attached hydrogens (tertiary/aromatic N) is 2. The molecule has 0 unspecified atom stereocenters. The Morgan fingerprint density at radius 1 is 1.04 bits per heavy atom. The molecule has 1 aliphatic heterocycles. The zero-order valence-corrected chi connectivity index (χ0v) is 12.8. The van der Waals surface area contributed by atoms with Crippen LogP contribution < -0.4 is 10.7 Å². The van der Waals surface area contributed by atoms with E-state index in [2.05, 4.69) is 20.8 Å². The number of hydrogen-bond donors (Lipinski definition) is 2. The molecule has 114 valence electrons. The van der Waals surface area contributed by atoms with Crippen LogP contribution in [0.2, 0.25) is 5.02 Å². The van der Waals surface area contributed by atoms with Gasteiger partial charge in [-0.3, -0.25) is 10.1 Å². The molecular formula is C17H13ClN4O. The molecule has 2 aromatic rings. The van der Waals surface area contributed by atoms with Crippen molar-refractivity contribution in [3.63, 3.8) is 0 Å². The Morgan fingerprint density at radius 3 is 2.52 bits per heavy atom. The normalized spacial score (nSPS) is 15.8. The Bertz CT molecular complexity index is 795. The van der Waals surface area contributed by atoms with Gasteiger partial charge < -0.3 is 0 Å². The Labute approximate surface area is 138 Å². The smallest absolute Gasteiger partial charge is 0.276 e. The van der Waals surface area contributed by atoms with E-state index in [1.54, 1.807) is 24.4 Å². The van der Waals surface area contributed by atoms with Gasteiger partial charge in [0, 0.05) is 5.02 Å². The first-order valence-electron chi connectivity index (χ1n) is 6.92. The van der Waals surface area contributed by atoms with Crippen molar-refractivity contribution in [1.82, 2.24) is 10.7 Å². The first kappa shape index (κ1) is 15.0. The van der Waals surface area contributed by atoms with E-state index in [0.29, 0.717) is 16.7 Å². The maximum Gasteiger partial charge on any atom is 0.276 e. The average molecular weight is 325 g/mol. The number of halogens is 1. The van der Waals surface area contributed by atoms with Crippen LogP contribution in [0.4, 0.5) is 0 Å². The monoisotopic (exact) mass is 324 g/mol. The number of guanidine groups is 1. The number of amides is 1. The van der Waals surface area contributed by atoms with E-state index >= 15 is 0 Å². The first-order chi connectivity index (χ1) is 11.2. The Hall–Kier alpha value is -2.92. The van der Waals surface area contributed by atoms with Crippen molar-refractivity contribution >= 4 is 35.8 Å². The fraction of sp³-hybridized carbons (Fsp3) is 0. The molecule has 1 amide bonds. The number of carbonyl (C=O) groups is 1. The van der Waals surface area contributed by atoms with E-state index in [0.717, 1.165) is 11.1 Å². The number of nitrogens with one attached hydrogen (secondary N) is 2. The fourth-order valence-electron chi connectivity index (χ4n) is 1.95. The summed E-state index contributed by atoms with van der Waals surface area (Å²) in [5.74, 6) is 0.0137. The fourth-order valence-corrected chi connectivity index (χ4v) is 2.07. The van der Waals surface area contributed by atoms with Gasteiger partial charge in [0.1, 0.15) is 5.70 Å². The van der Waals surface area contributed by atoms with Crippen LogP contribution in [0.3, 0.4) is 0 Å². The lowest BCUT2D eigenvalue weighted by atomic mass is 10.2. The van der Waals surface area contributed by atoms with Crippen LogP contribution in [-0.4, -0.2) is 18.1 Å². The summed E-state index contributed by atoms with van der Waals surface area (Å²) < 4.78 is 0. The van der Waals surface area contributed by atoms with Crippen LogP contribution in [0.15, 0.2) is 70.4 Å². The third kappa shape index (κ3) is 4.05. The van der Waals surface area contributed by atoms with E-state index in [9.17, 15) is 4.79 Å². The van der Waals surface area contributed by atoms with Crippen LogP contribution in [0.5, 0.6) is 0 Å². The molecule has 1 heterocycles. The molecule has 0 fully saturated rings. The van der Waals surface area contributed by atoms with E-state index < -0.39 is 0 Å². The molecule has 0 atom stereocenters. The van der Waals surface area contributed by atoms with Crippen LogP contribution >= 0.6 is 11.6 Å². The number of aliphatic imine (C=N–C) groups is 1. The average Bonchev–Trinajstić information content (AvgIpc) is 2.90. The Balaban J connectivity index is 1.69. The summed E-state index contributed by atoms with van der Waals surface area (Å²) in [6.07, 6.45) is 3.33. The van der Waals surface area contributed by atoms with Gasteiger partial charge >= 0.3 is 0 Å². The number of carbonyl (C=O) groups excluding carboxylic acids is 1. The second kappa shape index (κ2) is 6.89. The molecule has 0 aliphatic carbocycles. The van der Waals surface area contributed by atoms with Crippen molar-refractivity contribution < 1.29 is 4.79 Å². The van der Waals surface area contributed by atoms with Crippen molar-refractivity contribution in [2.24, 2.45) is 10.1 Å². The highest BCUT2D eigenvalue weighted by Crippen LogP contribution is 2.14. The van der Waals surface area contributed by atoms with Crippen molar-refractivity contribution in [3.8, 4) is 0 Å². The third-order valence-electron chi connectivity index (χ3n) is 3.05. The lowest BCUT2D eigenvalue weighted by molar-refractivity contribution is -0.115. The number of hydrazone groups is 1. The van der Waals surface area contributed by atoms with Gasteiger partial charge in [-0.05, 0) is 29.3 Å². The lowest BCUT2D eigenvalue weighted by Gasteiger charge is -1.97. The van der Waals surface area contributed by atoms with Crippen LogP contribution in [0, 0.1) is 0 Å². The van der Waals surface area contributed by atoms with Gasteiger partial charge in [-0.25, -0.2) is 10.4 Å². The summed E-state index contributed by atoms with van der Waals surface area (Å²) in [5.41, 5.74) is 4.81. The summed E-state index contributed by atoms with van der Waals surface area (Å²) in [7, 11) is 0. The van der Waals surface area contributed by atoms with Crippen molar-refractivity contribution in [2.45, 2.75) is 0 Å². The van der Waals surface area contributed by atoms with Gasteiger partial charge in [0.25, 0.3) is 5.91 Å². The quantitative estimate of drug-likeness (QED) is 0.518. The molecule has 0 aromatic heterocycles. The molecule has 0 saturated carbocycles. The highest BCUT2D eigenvalue weighted by molar-refractivity contribution is 6.30. The minimum absolute atomic E-state index is 0.280. The molecule has 5 nitrogen and oxygen atoms in total. The van der Waals surface area contributed by atoms with Crippen LogP contribution in [0.1, 0.15) is 11.1 Å². The largest absolute Gasteiger partial charge is 0.289 e. The molecule has 3 rings (SSSR count). The summed E-state index contributed by atoms with van der Waals surface area (Å²) >= 11 is 5.83. The first-order valence-corrected chi connectivity index (χ1v) is 7.30. The highest BCUT2D eigenvalue weighted by atomic mass is 35.5. The standard InChI is InChI=1S/C17H13ClN4O/c18-14-8-6-12(7-9-14)10-15-16(23)21-17(20-15)22-19-11-13-4-2-1-3-5-13/h1-11H,(H2,20,21,22,23)/b15-10+,19-11-. The number of rotatable bonds is 3. The van der Waals surface area contributed by atoms with Gasteiger partial charge in [0.15, 0.2) is 0 Å². The molecule has 0 radical (unpaired) electrons. The molecule has 0 saturated heterocycles. The van der Waals surface area contributed by atoms with Gasteiger partial charge in [0.05, 0.1) is 6.21 Å². The Kier molecular flexibility index (Phi) is 4.49.